The molecule has 0 radical (unpaired) electrons. The zero-order valence-corrected chi connectivity index (χ0v) is 13.4. The minimum absolute atomic E-state index is 0.114. The van der Waals surface area contributed by atoms with Gasteiger partial charge in [-0.25, -0.2) is 9.78 Å². The second-order valence-corrected chi connectivity index (χ2v) is 5.66. The van der Waals surface area contributed by atoms with Crippen LogP contribution in [-0.4, -0.2) is 26.6 Å². The summed E-state index contributed by atoms with van der Waals surface area (Å²) in [5, 5.41) is 3.16. The molecule has 2 aromatic heterocycles. The maximum absolute atomic E-state index is 13.2. The molecule has 0 saturated carbocycles. The Morgan fingerprint density at radius 3 is 2.69 bits per heavy atom. The fraction of sp³-hybridized carbons (Fsp3) is 0.118. The summed E-state index contributed by atoms with van der Waals surface area (Å²) in [5.41, 5.74) is 0.331. The summed E-state index contributed by atoms with van der Waals surface area (Å²) < 4.78 is 40.7. The van der Waals surface area contributed by atoms with Gasteiger partial charge in [-0.15, -0.1) is 0 Å². The van der Waals surface area contributed by atoms with Crippen LogP contribution in [0.1, 0.15) is 5.56 Å². The summed E-state index contributed by atoms with van der Waals surface area (Å²) >= 11 is 0. The minimum Gasteiger partial charge on any atom is -0.372 e. The quantitative estimate of drug-likeness (QED) is 0.576. The first-order valence-corrected chi connectivity index (χ1v) is 7.64. The van der Waals surface area contributed by atoms with Crippen molar-refractivity contribution in [1.29, 1.82) is 0 Å². The van der Waals surface area contributed by atoms with Gasteiger partial charge in [0.2, 0.25) is 0 Å². The second-order valence-electron chi connectivity index (χ2n) is 5.66. The number of nitrogens with one attached hydrogen (secondary N) is 2. The summed E-state index contributed by atoms with van der Waals surface area (Å²) in [5.74, 6) is 0.220. The first kappa shape index (κ1) is 16.1. The van der Waals surface area contributed by atoms with E-state index in [4.69, 9.17) is 0 Å². The van der Waals surface area contributed by atoms with E-state index in [1.54, 1.807) is 25.2 Å². The molecule has 0 aliphatic carbocycles. The molecule has 2 N–H and O–H groups in total. The van der Waals surface area contributed by atoms with Gasteiger partial charge in [0, 0.05) is 12.4 Å². The molecule has 0 unspecified atom stereocenters. The highest BCUT2D eigenvalue weighted by atomic mass is 19.4. The number of anilines is 1. The number of imidazole rings is 1. The van der Waals surface area contributed by atoms with Gasteiger partial charge in [-0.1, -0.05) is 0 Å². The number of nitrogens with zero attached hydrogens (tertiary/aromatic N) is 3. The topological polar surface area (TPSA) is 75.6 Å². The van der Waals surface area contributed by atoms with E-state index in [2.05, 4.69) is 20.3 Å². The highest BCUT2D eigenvalue weighted by molar-refractivity contribution is 5.91. The van der Waals surface area contributed by atoms with E-state index in [-0.39, 0.29) is 11.3 Å². The Labute approximate surface area is 144 Å². The summed E-state index contributed by atoms with van der Waals surface area (Å²) in [7, 11) is 1.56. The van der Waals surface area contributed by atoms with E-state index >= 15 is 0 Å². The fourth-order valence-electron chi connectivity index (χ4n) is 2.90. The number of benzene rings is 2. The van der Waals surface area contributed by atoms with Gasteiger partial charge in [0.15, 0.2) is 0 Å². The third-order valence-corrected chi connectivity index (χ3v) is 4.12. The number of aromatic nitrogens is 4. The maximum Gasteiger partial charge on any atom is 0.416 e. The molecule has 9 heteroatoms. The summed E-state index contributed by atoms with van der Waals surface area (Å²) in [6, 6.07) is 8.17. The molecule has 4 aromatic rings. The van der Waals surface area contributed by atoms with Crippen LogP contribution in [0.5, 0.6) is 0 Å². The number of fused-ring (bicyclic) bond motifs is 2. The Bertz CT molecular complexity index is 1190. The molecule has 2 heterocycles. The normalized spacial score (nSPS) is 12.0. The standard InChI is InChI=1S/C17H12F3N5O/c1-21-15-11-4-2-9(17(18,19)20)6-14(11)25(16(26)24-15)10-3-5-12-13(7-10)23-8-22-12/h2-8H,1H3,(H,22,23)(H,21,24,26). The van der Waals surface area contributed by atoms with Gasteiger partial charge in [0.05, 0.1) is 34.1 Å². The lowest BCUT2D eigenvalue weighted by molar-refractivity contribution is -0.137. The third-order valence-electron chi connectivity index (χ3n) is 4.12. The molecule has 0 atom stereocenters. The molecule has 0 amide bonds. The van der Waals surface area contributed by atoms with Crippen LogP contribution in [0.3, 0.4) is 0 Å². The van der Waals surface area contributed by atoms with Gasteiger partial charge in [0.25, 0.3) is 0 Å². The van der Waals surface area contributed by atoms with Gasteiger partial charge < -0.3 is 10.3 Å². The molecular formula is C17H12F3N5O. The van der Waals surface area contributed by atoms with Crippen molar-refractivity contribution in [1.82, 2.24) is 19.5 Å². The molecule has 0 aliphatic rings. The van der Waals surface area contributed by atoms with Gasteiger partial charge in [-0.3, -0.25) is 4.57 Å². The van der Waals surface area contributed by atoms with Gasteiger partial charge in [-0.05, 0) is 36.4 Å². The third kappa shape index (κ3) is 2.48. The largest absolute Gasteiger partial charge is 0.416 e. The lowest BCUT2D eigenvalue weighted by Gasteiger charge is -2.15. The van der Waals surface area contributed by atoms with Crippen LogP contribution in [0, 0.1) is 0 Å². The molecular weight excluding hydrogens is 347 g/mol. The maximum atomic E-state index is 13.2. The zero-order chi connectivity index (χ0) is 18.5. The number of H-pyrrole nitrogens is 1. The van der Waals surface area contributed by atoms with Crippen LogP contribution < -0.4 is 11.0 Å². The van der Waals surface area contributed by atoms with Gasteiger partial charge >= 0.3 is 11.9 Å². The van der Waals surface area contributed by atoms with E-state index in [1.165, 1.54) is 12.4 Å². The van der Waals surface area contributed by atoms with Crippen molar-refractivity contribution < 1.29 is 13.2 Å². The predicted molar refractivity (Wildman–Crippen MR) is 91.5 cm³/mol. The molecule has 132 valence electrons. The molecule has 4 rings (SSSR count). The van der Waals surface area contributed by atoms with Crippen LogP contribution in [0.2, 0.25) is 0 Å². The zero-order valence-electron chi connectivity index (χ0n) is 13.4. The smallest absolute Gasteiger partial charge is 0.372 e. The number of halogens is 3. The highest BCUT2D eigenvalue weighted by Crippen LogP contribution is 2.33. The van der Waals surface area contributed by atoms with E-state index in [0.717, 1.165) is 16.7 Å². The molecule has 0 saturated heterocycles. The molecule has 2 aromatic carbocycles. The van der Waals surface area contributed by atoms with E-state index < -0.39 is 17.4 Å². The van der Waals surface area contributed by atoms with Gasteiger partial charge in [-0.2, -0.15) is 18.2 Å². The summed E-state index contributed by atoms with van der Waals surface area (Å²) in [4.78, 5) is 23.5. The first-order chi connectivity index (χ1) is 12.4. The Morgan fingerprint density at radius 1 is 1.15 bits per heavy atom. The predicted octanol–water partition coefficient (Wildman–Crippen LogP) is 3.32. The van der Waals surface area contributed by atoms with Crippen molar-refractivity contribution in [2.75, 3.05) is 12.4 Å². The van der Waals surface area contributed by atoms with Crippen LogP contribution in [0.15, 0.2) is 47.5 Å². The molecule has 6 nitrogen and oxygen atoms in total. The number of hydrogen-bond donors (Lipinski definition) is 2. The monoisotopic (exact) mass is 359 g/mol. The number of alkyl halides is 3. The molecule has 26 heavy (non-hydrogen) atoms. The van der Waals surface area contributed by atoms with Crippen molar-refractivity contribution in [3.63, 3.8) is 0 Å². The SMILES string of the molecule is CNc1nc(=O)n(-c2ccc3nc[nH]c3c2)c2cc(C(F)(F)F)ccc12. The Morgan fingerprint density at radius 2 is 1.96 bits per heavy atom. The van der Waals surface area contributed by atoms with Crippen LogP contribution in [-0.2, 0) is 6.18 Å². The van der Waals surface area contributed by atoms with Crippen LogP contribution >= 0.6 is 0 Å². The Kier molecular flexibility index (Phi) is 3.46. The highest BCUT2D eigenvalue weighted by Gasteiger charge is 2.31. The van der Waals surface area contributed by atoms with Gasteiger partial charge in [0.1, 0.15) is 5.82 Å². The van der Waals surface area contributed by atoms with Crippen molar-refractivity contribution in [2.45, 2.75) is 6.18 Å². The average Bonchev–Trinajstić information content (AvgIpc) is 3.07. The second kappa shape index (κ2) is 5.58. The number of rotatable bonds is 2. The van der Waals surface area contributed by atoms with Crippen LogP contribution in [0.25, 0.3) is 27.6 Å². The summed E-state index contributed by atoms with van der Waals surface area (Å²) in [6.07, 6.45) is -3.02. The van der Waals surface area contributed by atoms with Crippen molar-refractivity contribution in [3.05, 3.63) is 58.8 Å². The summed E-state index contributed by atoms with van der Waals surface area (Å²) in [6.45, 7) is 0. The molecule has 0 bridgehead atoms. The number of aromatic amines is 1. The molecule has 0 aliphatic heterocycles. The fourth-order valence-corrected chi connectivity index (χ4v) is 2.90. The number of hydrogen-bond acceptors (Lipinski definition) is 4. The van der Waals surface area contributed by atoms with Crippen molar-refractivity contribution in [2.24, 2.45) is 0 Å². The van der Waals surface area contributed by atoms with E-state index in [1.807, 2.05) is 0 Å². The van der Waals surface area contributed by atoms with E-state index in [9.17, 15) is 18.0 Å². The lowest BCUT2D eigenvalue weighted by atomic mass is 10.1. The lowest BCUT2D eigenvalue weighted by Crippen LogP contribution is -2.23. The minimum atomic E-state index is -4.52. The van der Waals surface area contributed by atoms with Crippen molar-refractivity contribution >= 4 is 27.8 Å². The Balaban J connectivity index is 2.09. The van der Waals surface area contributed by atoms with Crippen LogP contribution in [0.4, 0.5) is 19.0 Å². The van der Waals surface area contributed by atoms with E-state index in [0.29, 0.717) is 22.1 Å². The first-order valence-electron chi connectivity index (χ1n) is 7.64. The molecule has 0 spiro atoms. The molecule has 0 fully saturated rings. The average molecular weight is 359 g/mol. The Hall–Kier alpha value is -3.36. The van der Waals surface area contributed by atoms with Crippen molar-refractivity contribution in [3.8, 4) is 5.69 Å².